The van der Waals surface area contributed by atoms with Crippen molar-refractivity contribution in [1.29, 1.82) is 0 Å². The van der Waals surface area contributed by atoms with Gasteiger partial charge >= 0.3 is 5.97 Å². The maximum absolute atomic E-state index is 13.7. The van der Waals surface area contributed by atoms with Crippen molar-refractivity contribution < 1.29 is 22.7 Å². The summed E-state index contributed by atoms with van der Waals surface area (Å²) in [5.74, 6) is 0.784. The number of hydrogen-bond acceptors (Lipinski definition) is 8. The lowest BCUT2D eigenvalue weighted by Crippen LogP contribution is -2.20. The molecule has 0 aliphatic carbocycles. The Morgan fingerprint density at radius 2 is 1.65 bits per heavy atom. The Bertz CT molecular complexity index is 1750. The van der Waals surface area contributed by atoms with Gasteiger partial charge in [0.2, 0.25) is 0 Å². The van der Waals surface area contributed by atoms with Gasteiger partial charge in [-0.25, -0.2) is 12.4 Å². The van der Waals surface area contributed by atoms with Crippen LogP contribution in [-0.2, 0) is 19.6 Å². The number of carbonyl (C=O) groups excluding carboxylic acids is 1. The first-order chi connectivity index (χ1) is 19.4. The van der Waals surface area contributed by atoms with Crippen molar-refractivity contribution in [3.8, 4) is 22.8 Å². The van der Waals surface area contributed by atoms with Crippen molar-refractivity contribution in [2.45, 2.75) is 35.6 Å². The minimum atomic E-state index is -3.90. The average molecular weight is 577 g/mol. The van der Waals surface area contributed by atoms with Gasteiger partial charge in [-0.05, 0) is 55.8 Å². The minimum Gasteiger partial charge on any atom is -0.497 e. The first-order valence-electron chi connectivity index (χ1n) is 12.7. The lowest BCUT2D eigenvalue weighted by atomic mass is 10.1. The standard InChI is InChI=1S/C29H28N4O5S2/c1-4-26(28(34)38-5-2)39-29-31-30-27(33(29)20-15-17-21(37-3)18-16-20)24-19-32(25-14-10-9-13-23(24)25)40(35,36)22-11-7-6-8-12-22/h6-19,26H,4-5H2,1-3H3/t26-/m0/s1. The molecule has 0 radical (unpaired) electrons. The smallest absolute Gasteiger partial charge is 0.319 e. The zero-order valence-electron chi connectivity index (χ0n) is 22.2. The third kappa shape index (κ3) is 5.09. The molecule has 0 fully saturated rings. The molecule has 0 bridgehead atoms. The summed E-state index contributed by atoms with van der Waals surface area (Å²) in [5, 5.41) is 9.65. The van der Waals surface area contributed by atoms with E-state index in [4.69, 9.17) is 9.47 Å². The number of benzene rings is 3. The van der Waals surface area contributed by atoms with Crippen molar-refractivity contribution in [2.75, 3.05) is 13.7 Å². The highest BCUT2D eigenvalue weighted by Gasteiger charge is 2.28. The summed E-state index contributed by atoms with van der Waals surface area (Å²) in [6, 6.07) is 22.9. The number of ether oxygens (including phenoxy) is 2. The second-order valence-electron chi connectivity index (χ2n) is 8.78. The van der Waals surface area contributed by atoms with E-state index in [0.717, 1.165) is 5.69 Å². The fraction of sp³-hybridized carbons (Fsp3) is 0.207. The number of thioether (sulfide) groups is 1. The molecule has 0 aliphatic heterocycles. The third-order valence-corrected chi connectivity index (χ3v) is 9.32. The molecule has 0 amide bonds. The quantitative estimate of drug-likeness (QED) is 0.157. The van der Waals surface area contributed by atoms with Gasteiger partial charge in [0, 0.05) is 22.8 Å². The van der Waals surface area contributed by atoms with Gasteiger partial charge < -0.3 is 9.47 Å². The van der Waals surface area contributed by atoms with E-state index in [2.05, 4.69) is 10.2 Å². The Kier molecular flexibility index (Phi) is 7.95. The Morgan fingerprint density at radius 3 is 2.33 bits per heavy atom. The molecule has 5 aromatic rings. The molecule has 0 saturated carbocycles. The molecule has 2 heterocycles. The number of hydrogen-bond donors (Lipinski definition) is 0. The average Bonchev–Trinajstić information content (AvgIpc) is 3.58. The van der Waals surface area contributed by atoms with E-state index >= 15 is 0 Å². The number of carbonyl (C=O) groups is 1. The molecule has 0 N–H and O–H groups in total. The summed E-state index contributed by atoms with van der Waals surface area (Å²) < 4.78 is 41.1. The van der Waals surface area contributed by atoms with Gasteiger partial charge in [-0.1, -0.05) is 55.1 Å². The van der Waals surface area contributed by atoms with E-state index in [-0.39, 0.29) is 17.5 Å². The topological polar surface area (TPSA) is 105 Å². The number of aromatic nitrogens is 4. The fourth-order valence-electron chi connectivity index (χ4n) is 4.38. The summed E-state index contributed by atoms with van der Waals surface area (Å²) in [5.41, 5.74) is 1.82. The number of nitrogens with zero attached hydrogens (tertiary/aromatic N) is 4. The van der Waals surface area contributed by atoms with Crippen LogP contribution in [0.2, 0.25) is 0 Å². The first kappa shape index (κ1) is 27.5. The minimum absolute atomic E-state index is 0.176. The van der Waals surface area contributed by atoms with Crippen LogP contribution < -0.4 is 4.74 Å². The van der Waals surface area contributed by atoms with Crippen LogP contribution in [0.25, 0.3) is 28.0 Å². The van der Waals surface area contributed by atoms with E-state index < -0.39 is 15.3 Å². The van der Waals surface area contributed by atoms with Crippen LogP contribution in [0.15, 0.2) is 95.1 Å². The van der Waals surface area contributed by atoms with Crippen LogP contribution in [0.4, 0.5) is 0 Å². The Morgan fingerprint density at radius 1 is 0.950 bits per heavy atom. The predicted octanol–water partition coefficient (Wildman–Crippen LogP) is 5.57. The molecule has 5 rings (SSSR count). The highest BCUT2D eigenvalue weighted by Crippen LogP contribution is 2.37. The molecular formula is C29H28N4O5S2. The molecule has 206 valence electrons. The number of esters is 1. The molecule has 1 atom stereocenters. The Hall–Kier alpha value is -4.09. The molecule has 2 aromatic heterocycles. The second-order valence-corrected chi connectivity index (χ2v) is 11.8. The summed E-state index contributed by atoms with van der Waals surface area (Å²) in [6.45, 7) is 3.96. The van der Waals surface area contributed by atoms with Crippen LogP contribution in [0.5, 0.6) is 5.75 Å². The van der Waals surface area contributed by atoms with Gasteiger partial charge in [0.1, 0.15) is 11.0 Å². The maximum Gasteiger partial charge on any atom is 0.319 e. The molecule has 40 heavy (non-hydrogen) atoms. The Labute approximate surface area is 236 Å². The van der Waals surface area contributed by atoms with Gasteiger partial charge in [0.25, 0.3) is 10.0 Å². The Balaban J connectivity index is 1.71. The summed E-state index contributed by atoms with van der Waals surface area (Å²) in [4.78, 5) is 12.8. The highest BCUT2D eigenvalue weighted by atomic mass is 32.2. The van der Waals surface area contributed by atoms with Crippen LogP contribution in [0, 0.1) is 0 Å². The molecule has 0 unspecified atom stereocenters. The largest absolute Gasteiger partial charge is 0.497 e. The normalized spacial score (nSPS) is 12.4. The number of rotatable bonds is 10. The highest BCUT2D eigenvalue weighted by molar-refractivity contribution is 8.00. The monoisotopic (exact) mass is 576 g/mol. The van der Waals surface area contributed by atoms with E-state index in [1.807, 2.05) is 47.9 Å². The van der Waals surface area contributed by atoms with Gasteiger partial charge in [0.05, 0.1) is 24.1 Å². The van der Waals surface area contributed by atoms with Gasteiger partial charge in [0.15, 0.2) is 11.0 Å². The van der Waals surface area contributed by atoms with Crippen molar-refractivity contribution in [1.82, 2.24) is 18.7 Å². The molecule has 3 aromatic carbocycles. The van der Waals surface area contributed by atoms with E-state index in [9.17, 15) is 13.2 Å². The molecule has 9 nitrogen and oxygen atoms in total. The summed E-state index contributed by atoms with van der Waals surface area (Å²) in [6.07, 6.45) is 2.11. The molecule has 11 heteroatoms. The lowest BCUT2D eigenvalue weighted by molar-refractivity contribution is -0.142. The first-order valence-corrected chi connectivity index (χ1v) is 15.0. The fourth-order valence-corrected chi connectivity index (χ4v) is 6.74. The zero-order valence-corrected chi connectivity index (χ0v) is 23.9. The van der Waals surface area contributed by atoms with Crippen LogP contribution in [-0.4, -0.2) is 52.1 Å². The molecule has 0 saturated heterocycles. The van der Waals surface area contributed by atoms with Crippen molar-refractivity contribution in [3.05, 3.63) is 85.1 Å². The summed E-state index contributed by atoms with van der Waals surface area (Å²) >= 11 is 1.26. The SMILES string of the molecule is CCOC(=O)[C@H](CC)Sc1nnc(-c2cn(S(=O)(=O)c3ccccc3)c3ccccc23)n1-c1ccc(OC)cc1. The molecule has 0 aliphatic rings. The van der Waals surface area contributed by atoms with Gasteiger partial charge in [-0.2, -0.15) is 0 Å². The van der Waals surface area contributed by atoms with Crippen LogP contribution >= 0.6 is 11.8 Å². The van der Waals surface area contributed by atoms with Crippen molar-refractivity contribution in [2.24, 2.45) is 0 Å². The van der Waals surface area contributed by atoms with Crippen molar-refractivity contribution >= 4 is 38.7 Å². The predicted molar refractivity (Wildman–Crippen MR) is 154 cm³/mol. The summed E-state index contributed by atoms with van der Waals surface area (Å²) in [7, 11) is -2.31. The zero-order chi connectivity index (χ0) is 28.3. The number of methoxy groups -OCH3 is 1. The van der Waals surface area contributed by atoms with Crippen molar-refractivity contribution in [3.63, 3.8) is 0 Å². The van der Waals surface area contributed by atoms with E-state index in [1.54, 1.807) is 62.7 Å². The molecule has 0 spiro atoms. The lowest BCUT2D eigenvalue weighted by Gasteiger charge is -2.15. The van der Waals surface area contributed by atoms with E-state index in [1.165, 1.54) is 15.7 Å². The van der Waals surface area contributed by atoms with Gasteiger partial charge in [-0.15, -0.1) is 10.2 Å². The molecular weight excluding hydrogens is 548 g/mol. The number of fused-ring (bicyclic) bond motifs is 1. The van der Waals surface area contributed by atoms with E-state index in [0.29, 0.717) is 39.6 Å². The maximum atomic E-state index is 13.7. The third-order valence-electron chi connectivity index (χ3n) is 6.35. The number of para-hydroxylation sites is 1. The van der Waals surface area contributed by atoms with Crippen LogP contribution in [0.3, 0.4) is 0 Å². The van der Waals surface area contributed by atoms with Gasteiger partial charge in [-0.3, -0.25) is 9.36 Å². The second kappa shape index (κ2) is 11.6. The van der Waals surface area contributed by atoms with Crippen LogP contribution in [0.1, 0.15) is 20.3 Å².